The molecule has 0 radical (unpaired) electrons. The van der Waals surface area contributed by atoms with E-state index in [4.69, 9.17) is 0 Å². The molecule has 4 nitrogen and oxygen atoms in total. The number of nitrogens with one attached hydrogen (secondary N) is 1. The molecule has 4 heteroatoms. The molecule has 25 heavy (non-hydrogen) atoms. The second-order valence-corrected chi connectivity index (χ2v) is 6.33. The van der Waals surface area contributed by atoms with Gasteiger partial charge in [-0.05, 0) is 55.2 Å². The van der Waals surface area contributed by atoms with Crippen molar-refractivity contribution in [2.45, 2.75) is 26.7 Å². The van der Waals surface area contributed by atoms with E-state index in [1.54, 1.807) is 11.0 Å². The number of hydrogen-bond donors (Lipinski definition) is 1. The summed E-state index contributed by atoms with van der Waals surface area (Å²) in [6.07, 6.45) is 4.85. The molecule has 1 aliphatic rings. The number of nitrogens with zero attached hydrogens (tertiary/aromatic N) is 1. The Kier molecular flexibility index (Phi) is 4.98. The Morgan fingerprint density at radius 1 is 1.08 bits per heavy atom. The third kappa shape index (κ3) is 3.97. The summed E-state index contributed by atoms with van der Waals surface area (Å²) in [4.78, 5) is 25.7. The number of aryl methyl sites for hydroxylation is 2. The van der Waals surface area contributed by atoms with Crippen molar-refractivity contribution in [3.63, 3.8) is 0 Å². The van der Waals surface area contributed by atoms with Gasteiger partial charge in [-0.2, -0.15) is 0 Å². The van der Waals surface area contributed by atoms with Crippen molar-refractivity contribution in [2.75, 3.05) is 16.8 Å². The predicted molar refractivity (Wildman–Crippen MR) is 102 cm³/mol. The number of para-hydroxylation sites is 1. The van der Waals surface area contributed by atoms with Crippen molar-refractivity contribution in [1.82, 2.24) is 0 Å². The van der Waals surface area contributed by atoms with Gasteiger partial charge in [0.1, 0.15) is 0 Å². The summed E-state index contributed by atoms with van der Waals surface area (Å²) in [7, 11) is 0. The Morgan fingerprint density at radius 3 is 2.36 bits per heavy atom. The van der Waals surface area contributed by atoms with Crippen molar-refractivity contribution in [3.05, 3.63) is 65.2 Å². The van der Waals surface area contributed by atoms with E-state index in [9.17, 15) is 9.59 Å². The number of amides is 2. The van der Waals surface area contributed by atoms with E-state index < -0.39 is 0 Å². The maximum atomic E-state index is 12.2. The van der Waals surface area contributed by atoms with E-state index >= 15 is 0 Å². The molecule has 0 unspecified atom stereocenters. The van der Waals surface area contributed by atoms with E-state index in [-0.39, 0.29) is 11.8 Å². The van der Waals surface area contributed by atoms with Crippen molar-refractivity contribution in [1.29, 1.82) is 0 Å². The molecule has 0 aliphatic carbocycles. The van der Waals surface area contributed by atoms with Gasteiger partial charge in [-0.1, -0.05) is 30.3 Å². The Hall–Kier alpha value is -2.88. The van der Waals surface area contributed by atoms with Gasteiger partial charge < -0.3 is 10.2 Å². The van der Waals surface area contributed by atoms with Crippen LogP contribution in [0.3, 0.4) is 0 Å². The van der Waals surface area contributed by atoms with Gasteiger partial charge in [-0.25, -0.2) is 0 Å². The first-order valence-electron chi connectivity index (χ1n) is 8.50. The first kappa shape index (κ1) is 17.0. The Morgan fingerprint density at radius 2 is 1.76 bits per heavy atom. The number of anilines is 2. The van der Waals surface area contributed by atoms with Crippen LogP contribution in [0.2, 0.25) is 0 Å². The molecule has 0 saturated carbocycles. The van der Waals surface area contributed by atoms with Crippen LogP contribution in [0.1, 0.15) is 29.5 Å². The molecule has 1 N–H and O–H groups in total. The lowest BCUT2D eigenvalue weighted by Gasteiger charge is -2.15. The lowest BCUT2D eigenvalue weighted by Crippen LogP contribution is -2.23. The van der Waals surface area contributed by atoms with Crippen LogP contribution in [-0.4, -0.2) is 18.4 Å². The normalized spacial score (nSPS) is 14.3. The number of rotatable bonds is 4. The molecule has 128 valence electrons. The highest BCUT2D eigenvalue weighted by molar-refractivity contribution is 6.03. The zero-order chi connectivity index (χ0) is 17.8. The second-order valence-electron chi connectivity index (χ2n) is 6.33. The average Bonchev–Trinajstić information content (AvgIpc) is 3.03. The van der Waals surface area contributed by atoms with Gasteiger partial charge in [0, 0.05) is 30.4 Å². The van der Waals surface area contributed by atoms with E-state index in [0.717, 1.165) is 41.0 Å². The average molecular weight is 334 g/mol. The molecule has 0 aromatic heterocycles. The molecule has 2 aromatic rings. The topological polar surface area (TPSA) is 49.4 Å². The number of hydrogen-bond acceptors (Lipinski definition) is 2. The summed E-state index contributed by atoms with van der Waals surface area (Å²) in [5.41, 5.74) is 4.79. The highest BCUT2D eigenvalue weighted by atomic mass is 16.2. The van der Waals surface area contributed by atoms with Crippen LogP contribution < -0.4 is 10.2 Å². The van der Waals surface area contributed by atoms with Crippen LogP contribution >= 0.6 is 0 Å². The molecular weight excluding hydrogens is 312 g/mol. The summed E-state index contributed by atoms with van der Waals surface area (Å²) in [5, 5.41) is 2.93. The van der Waals surface area contributed by atoms with Gasteiger partial charge >= 0.3 is 0 Å². The predicted octanol–water partition coefficient (Wildman–Crippen LogP) is 4.08. The van der Waals surface area contributed by atoms with Gasteiger partial charge in [-0.15, -0.1) is 0 Å². The largest absolute Gasteiger partial charge is 0.322 e. The summed E-state index contributed by atoms with van der Waals surface area (Å²) in [6, 6.07) is 13.6. The molecule has 0 atom stereocenters. The van der Waals surface area contributed by atoms with Gasteiger partial charge in [0.2, 0.25) is 11.8 Å². The van der Waals surface area contributed by atoms with Gasteiger partial charge in [-0.3, -0.25) is 9.59 Å². The van der Waals surface area contributed by atoms with Crippen molar-refractivity contribution in [3.8, 4) is 0 Å². The molecule has 2 aromatic carbocycles. The molecular formula is C21H22N2O2. The lowest BCUT2D eigenvalue weighted by atomic mass is 10.1. The third-order valence-electron chi connectivity index (χ3n) is 4.43. The number of carbonyl (C=O) groups excluding carboxylic acids is 2. The van der Waals surface area contributed by atoms with Gasteiger partial charge in [0.05, 0.1) is 0 Å². The van der Waals surface area contributed by atoms with Gasteiger partial charge in [0.15, 0.2) is 0 Å². The zero-order valence-corrected chi connectivity index (χ0v) is 14.6. The smallest absolute Gasteiger partial charge is 0.248 e. The first-order valence-corrected chi connectivity index (χ1v) is 8.50. The van der Waals surface area contributed by atoms with Crippen molar-refractivity contribution in [2.24, 2.45) is 0 Å². The van der Waals surface area contributed by atoms with Crippen LogP contribution in [0.15, 0.2) is 48.5 Å². The van der Waals surface area contributed by atoms with Crippen molar-refractivity contribution < 1.29 is 9.59 Å². The Balaban J connectivity index is 1.65. The molecule has 1 aliphatic heterocycles. The maximum Gasteiger partial charge on any atom is 0.248 e. The molecule has 1 saturated heterocycles. The lowest BCUT2D eigenvalue weighted by molar-refractivity contribution is -0.117. The quantitative estimate of drug-likeness (QED) is 0.857. The fourth-order valence-corrected chi connectivity index (χ4v) is 3.03. The SMILES string of the molecule is Cc1cccc(C)c1NC(=O)/C=C/c1ccc(N2CCCC2=O)cc1. The van der Waals surface area contributed by atoms with Crippen LogP contribution in [-0.2, 0) is 9.59 Å². The Labute approximate surface area is 148 Å². The van der Waals surface area contributed by atoms with E-state index in [1.807, 2.05) is 56.3 Å². The van der Waals surface area contributed by atoms with E-state index in [0.29, 0.717) is 6.42 Å². The molecule has 1 fully saturated rings. The van der Waals surface area contributed by atoms with E-state index in [2.05, 4.69) is 5.32 Å². The van der Waals surface area contributed by atoms with Crippen LogP contribution in [0.4, 0.5) is 11.4 Å². The number of benzene rings is 2. The molecule has 0 spiro atoms. The highest BCUT2D eigenvalue weighted by Gasteiger charge is 2.21. The molecule has 3 rings (SSSR count). The highest BCUT2D eigenvalue weighted by Crippen LogP contribution is 2.22. The number of carbonyl (C=O) groups is 2. The van der Waals surface area contributed by atoms with Crippen LogP contribution in [0.5, 0.6) is 0 Å². The zero-order valence-electron chi connectivity index (χ0n) is 14.6. The molecule has 1 heterocycles. The minimum atomic E-state index is -0.156. The maximum absolute atomic E-state index is 12.2. The summed E-state index contributed by atoms with van der Waals surface area (Å²) in [6.45, 7) is 4.74. The monoisotopic (exact) mass is 334 g/mol. The fourth-order valence-electron chi connectivity index (χ4n) is 3.03. The summed E-state index contributed by atoms with van der Waals surface area (Å²) < 4.78 is 0. The van der Waals surface area contributed by atoms with Crippen LogP contribution in [0.25, 0.3) is 6.08 Å². The minimum Gasteiger partial charge on any atom is -0.322 e. The summed E-state index contributed by atoms with van der Waals surface area (Å²) in [5.74, 6) is 0.0208. The summed E-state index contributed by atoms with van der Waals surface area (Å²) >= 11 is 0. The second kappa shape index (κ2) is 7.34. The third-order valence-corrected chi connectivity index (χ3v) is 4.43. The van der Waals surface area contributed by atoms with Crippen LogP contribution in [0, 0.1) is 13.8 Å². The standard InChI is InChI=1S/C21H22N2O2/c1-15-5-3-6-16(2)21(15)22-19(24)13-10-17-8-11-18(12-9-17)23-14-4-7-20(23)25/h3,5-6,8-13H,4,7,14H2,1-2H3,(H,22,24)/b13-10+. The molecule has 2 amide bonds. The van der Waals surface area contributed by atoms with E-state index in [1.165, 1.54) is 6.08 Å². The first-order chi connectivity index (χ1) is 12.0. The fraction of sp³-hybridized carbons (Fsp3) is 0.238. The Bertz CT molecular complexity index is 802. The minimum absolute atomic E-state index is 0.156. The van der Waals surface area contributed by atoms with Crippen molar-refractivity contribution >= 4 is 29.3 Å². The molecule has 0 bridgehead atoms. The van der Waals surface area contributed by atoms with Gasteiger partial charge in [0.25, 0.3) is 0 Å².